The van der Waals surface area contributed by atoms with Crippen molar-refractivity contribution in [2.45, 2.75) is 38.2 Å². The molecule has 2 atom stereocenters. The van der Waals surface area contributed by atoms with Crippen molar-refractivity contribution >= 4 is 0 Å². The topological polar surface area (TPSA) is 9.23 Å². The molecule has 2 unspecified atom stereocenters. The molecular formula is C14H18O. The summed E-state index contributed by atoms with van der Waals surface area (Å²) in [4.78, 5) is 0. The molecule has 0 saturated heterocycles. The molecule has 1 aliphatic heterocycles. The zero-order valence-corrected chi connectivity index (χ0v) is 9.06. The van der Waals surface area contributed by atoms with Gasteiger partial charge in [-0.05, 0) is 43.3 Å². The molecule has 0 radical (unpaired) electrons. The molecule has 2 aliphatic carbocycles. The van der Waals surface area contributed by atoms with Gasteiger partial charge in [-0.1, -0.05) is 24.6 Å². The van der Waals surface area contributed by atoms with Gasteiger partial charge in [0.25, 0.3) is 0 Å². The summed E-state index contributed by atoms with van der Waals surface area (Å²) in [5.74, 6) is 0.706. The van der Waals surface area contributed by atoms with Crippen LogP contribution in [0.4, 0.5) is 0 Å². The van der Waals surface area contributed by atoms with E-state index in [-0.39, 0.29) is 0 Å². The van der Waals surface area contributed by atoms with E-state index in [2.05, 4.69) is 24.3 Å². The second kappa shape index (κ2) is 3.55. The Balaban J connectivity index is 1.81. The highest BCUT2D eigenvalue weighted by Gasteiger charge is 2.47. The lowest BCUT2D eigenvalue weighted by Gasteiger charge is -2.51. The first-order chi connectivity index (χ1) is 7.41. The minimum atomic E-state index is 0.320. The summed E-state index contributed by atoms with van der Waals surface area (Å²) in [6, 6.07) is 0. The molecule has 0 aromatic heterocycles. The van der Waals surface area contributed by atoms with Gasteiger partial charge < -0.3 is 4.74 Å². The largest absolute Gasteiger partial charge is 0.494 e. The molecule has 0 amide bonds. The highest BCUT2D eigenvalue weighted by Crippen LogP contribution is 2.55. The minimum Gasteiger partial charge on any atom is -0.494 e. The quantitative estimate of drug-likeness (QED) is 0.590. The van der Waals surface area contributed by atoms with E-state index in [4.69, 9.17) is 4.74 Å². The van der Waals surface area contributed by atoms with Gasteiger partial charge in [0.15, 0.2) is 0 Å². The Kier molecular flexibility index (Phi) is 2.19. The van der Waals surface area contributed by atoms with E-state index in [0.29, 0.717) is 17.4 Å². The monoisotopic (exact) mass is 202 g/mol. The van der Waals surface area contributed by atoms with E-state index in [9.17, 15) is 0 Å². The molecule has 0 bridgehead atoms. The number of hydrogen-bond donors (Lipinski definition) is 0. The molecule has 3 rings (SSSR count). The third kappa shape index (κ3) is 1.45. The Morgan fingerprint density at radius 1 is 1.13 bits per heavy atom. The molecule has 0 aromatic rings. The molecule has 80 valence electrons. The number of rotatable bonds is 1. The van der Waals surface area contributed by atoms with Crippen molar-refractivity contribution in [1.82, 2.24) is 0 Å². The van der Waals surface area contributed by atoms with Crippen LogP contribution >= 0.6 is 0 Å². The van der Waals surface area contributed by atoms with Crippen molar-refractivity contribution in [3.05, 3.63) is 36.6 Å². The normalized spacial score (nSPS) is 36.3. The maximum absolute atomic E-state index is 5.75. The maximum atomic E-state index is 5.75. The van der Waals surface area contributed by atoms with Gasteiger partial charge in [-0.3, -0.25) is 0 Å². The minimum absolute atomic E-state index is 0.320. The predicted molar refractivity (Wildman–Crippen MR) is 61.3 cm³/mol. The Labute approximate surface area is 91.5 Å². The van der Waals surface area contributed by atoms with Crippen molar-refractivity contribution in [1.29, 1.82) is 0 Å². The summed E-state index contributed by atoms with van der Waals surface area (Å²) in [6.45, 7) is 0. The van der Waals surface area contributed by atoms with Gasteiger partial charge in [-0.25, -0.2) is 0 Å². The van der Waals surface area contributed by atoms with Crippen molar-refractivity contribution in [2.75, 3.05) is 0 Å². The van der Waals surface area contributed by atoms with Crippen LogP contribution in [0.3, 0.4) is 0 Å². The molecule has 0 N–H and O–H groups in total. The fourth-order valence-electron chi connectivity index (χ4n) is 3.28. The summed E-state index contributed by atoms with van der Waals surface area (Å²) in [7, 11) is 0. The highest BCUT2D eigenvalue weighted by atomic mass is 16.5. The zero-order chi connectivity index (χ0) is 10.1. The third-order valence-corrected chi connectivity index (χ3v) is 4.34. The van der Waals surface area contributed by atoms with Gasteiger partial charge in [0, 0.05) is 5.92 Å². The molecule has 1 heteroatoms. The maximum Gasteiger partial charge on any atom is 0.120 e. The lowest BCUT2D eigenvalue weighted by Crippen LogP contribution is -2.44. The fraction of sp³-hybridized carbons (Fsp3) is 0.571. The van der Waals surface area contributed by atoms with Crippen LogP contribution in [0.25, 0.3) is 0 Å². The number of hydrogen-bond acceptors (Lipinski definition) is 1. The van der Waals surface area contributed by atoms with E-state index in [1.54, 1.807) is 0 Å². The first kappa shape index (κ1) is 9.26. The average molecular weight is 202 g/mol. The summed E-state index contributed by atoms with van der Waals surface area (Å²) in [6.07, 6.45) is 19.9. The van der Waals surface area contributed by atoms with Crippen LogP contribution in [0.15, 0.2) is 36.6 Å². The van der Waals surface area contributed by atoms with Crippen LogP contribution in [0.2, 0.25) is 0 Å². The van der Waals surface area contributed by atoms with Gasteiger partial charge in [-0.2, -0.15) is 0 Å². The number of allylic oxidation sites excluding steroid dienone is 4. The predicted octanol–water partition coefficient (Wildman–Crippen LogP) is 3.59. The molecule has 0 aromatic carbocycles. The van der Waals surface area contributed by atoms with Gasteiger partial charge in [0.1, 0.15) is 6.10 Å². The van der Waals surface area contributed by atoms with Crippen LogP contribution in [-0.4, -0.2) is 6.10 Å². The van der Waals surface area contributed by atoms with Crippen LogP contribution in [0.1, 0.15) is 32.1 Å². The molecule has 15 heavy (non-hydrogen) atoms. The summed E-state index contributed by atoms with van der Waals surface area (Å²) >= 11 is 0. The molecule has 1 heterocycles. The van der Waals surface area contributed by atoms with Crippen molar-refractivity contribution in [3.63, 3.8) is 0 Å². The van der Waals surface area contributed by atoms with Crippen LogP contribution < -0.4 is 0 Å². The summed E-state index contributed by atoms with van der Waals surface area (Å²) in [5, 5.41) is 0. The lowest BCUT2D eigenvalue weighted by atomic mass is 9.55. The van der Waals surface area contributed by atoms with Gasteiger partial charge in [0.2, 0.25) is 0 Å². The molecule has 1 spiro atoms. The first-order valence-corrected chi connectivity index (χ1v) is 6.05. The first-order valence-electron chi connectivity index (χ1n) is 6.05. The van der Waals surface area contributed by atoms with Crippen LogP contribution in [0.5, 0.6) is 0 Å². The molecule has 1 saturated carbocycles. The van der Waals surface area contributed by atoms with E-state index in [1.807, 2.05) is 12.3 Å². The van der Waals surface area contributed by atoms with Crippen LogP contribution in [0, 0.1) is 11.3 Å². The van der Waals surface area contributed by atoms with Gasteiger partial charge >= 0.3 is 0 Å². The molecule has 1 fully saturated rings. The SMILES string of the molecule is C1=COC(C2CC=CCC23CCC3)C=C1. The smallest absolute Gasteiger partial charge is 0.120 e. The van der Waals surface area contributed by atoms with E-state index in [0.717, 1.165) is 0 Å². The van der Waals surface area contributed by atoms with Gasteiger partial charge in [-0.15, -0.1) is 0 Å². The molecular weight excluding hydrogens is 184 g/mol. The van der Waals surface area contributed by atoms with Crippen LogP contribution in [-0.2, 0) is 4.74 Å². The molecule has 1 nitrogen and oxygen atoms in total. The Bertz CT molecular complexity index is 320. The zero-order valence-electron chi connectivity index (χ0n) is 9.06. The van der Waals surface area contributed by atoms with Crippen molar-refractivity contribution in [2.24, 2.45) is 11.3 Å². The summed E-state index contributed by atoms with van der Waals surface area (Å²) in [5.41, 5.74) is 0.578. The van der Waals surface area contributed by atoms with E-state index < -0.39 is 0 Å². The highest BCUT2D eigenvalue weighted by molar-refractivity contribution is 5.15. The fourth-order valence-corrected chi connectivity index (χ4v) is 3.28. The number of ether oxygens (including phenoxy) is 1. The second-order valence-electron chi connectivity index (χ2n) is 5.05. The second-order valence-corrected chi connectivity index (χ2v) is 5.05. The standard InChI is InChI=1S/C14H18O/c1-3-8-14(9-5-10-14)12(6-1)13-7-2-4-11-15-13/h1-4,7,11-13H,5-6,8-10H2. The summed E-state index contributed by atoms with van der Waals surface area (Å²) < 4.78 is 5.75. The lowest BCUT2D eigenvalue weighted by molar-refractivity contribution is -0.0235. The average Bonchev–Trinajstić information content (AvgIpc) is 2.28. The van der Waals surface area contributed by atoms with Crippen molar-refractivity contribution < 1.29 is 4.74 Å². The third-order valence-electron chi connectivity index (χ3n) is 4.34. The Morgan fingerprint density at radius 3 is 2.73 bits per heavy atom. The molecule has 3 aliphatic rings. The van der Waals surface area contributed by atoms with E-state index >= 15 is 0 Å². The van der Waals surface area contributed by atoms with Gasteiger partial charge in [0.05, 0.1) is 6.26 Å². The van der Waals surface area contributed by atoms with E-state index in [1.165, 1.54) is 32.1 Å². The Hall–Kier alpha value is -0.980. The van der Waals surface area contributed by atoms with Crippen molar-refractivity contribution in [3.8, 4) is 0 Å². The Morgan fingerprint density at radius 2 is 2.07 bits per heavy atom.